The molecule has 1 aromatic carbocycles. The first kappa shape index (κ1) is 11.9. The van der Waals surface area contributed by atoms with Gasteiger partial charge in [0.15, 0.2) is 0 Å². The van der Waals surface area contributed by atoms with Crippen molar-refractivity contribution in [2.75, 3.05) is 18.5 Å². The Morgan fingerprint density at radius 3 is 3.00 bits per heavy atom. The molecule has 0 aliphatic rings. The first-order chi connectivity index (χ1) is 8.24. The summed E-state index contributed by atoms with van der Waals surface area (Å²) in [5.74, 6) is 0. The third-order valence-electron chi connectivity index (χ3n) is 2.67. The molecule has 0 fully saturated rings. The highest BCUT2D eigenvalue weighted by molar-refractivity contribution is 9.10. The minimum atomic E-state index is 0.522. The topological polar surface area (TPSA) is 39.9 Å². The zero-order valence-corrected chi connectivity index (χ0v) is 11.1. The van der Waals surface area contributed by atoms with Crippen LogP contribution in [0.5, 0.6) is 0 Å². The summed E-state index contributed by atoms with van der Waals surface area (Å²) in [5.41, 5.74) is 2.06. The van der Waals surface area contributed by atoms with E-state index in [2.05, 4.69) is 31.9 Å². The highest BCUT2D eigenvalue weighted by atomic mass is 79.9. The number of halogens is 1. The summed E-state index contributed by atoms with van der Waals surface area (Å²) in [6.45, 7) is 0.724. The quantitative estimate of drug-likeness (QED) is 0.870. The normalized spacial score (nSPS) is 10.2. The van der Waals surface area contributed by atoms with Crippen LogP contribution in [0.3, 0.4) is 0 Å². The molecule has 0 saturated heterocycles. The minimum Gasteiger partial charge on any atom is -0.373 e. The van der Waals surface area contributed by atoms with E-state index in [1.54, 1.807) is 6.20 Å². The van der Waals surface area contributed by atoms with E-state index in [1.165, 1.54) is 0 Å². The highest BCUT2D eigenvalue weighted by Crippen LogP contribution is 2.29. The smallest absolute Gasteiger partial charge is 0.0864 e. The molecule has 0 spiro atoms. The average Bonchev–Trinajstić information content (AvgIpc) is 2.36. The molecule has 0 radical (unpaired) electrons. The summed E-state index contributed by atoms with van der Waals surface area (Å²) in [4.78, 5) is 6.45. The molecular weight excluding hydrogens is 278 g/mol. The van der Waals surface area contributed by atoms with Gasteiger partial charge in [-0.15, -0.1) is 0 Å². The number of nitrogens with zero attached hydrogens (tertiary/aromatic N) is 3. The van der Waals surface area contributed by atoms with Crippen LogP contribution >= 0.6 is 15.9 Å². The van der Waals surface area contributed by atoms with Crippen molar-refractivity contribution in [3.05, 3.63) is 34.9 Å². The Kier molecular flexibility index (Phi) is 3.60. The number of hydrogen-bond acceptors (Lipinski definition) is 3. The van der Waals surface area contributed by atoms with E-state index in [-0.39, 0.29) is 0 Å². The summed E-state index contributed by atoms with van der Waals surface area (Å²) in [6, 6.07) is 10.2. The number of rotatable bonds is 3. The van der Waals surface area contributed by atoms with Gasteiger partial charge >= 0.3 is 0 Å². The van der Waals surface area contributed by atoms with Gasteiger partial charge in [0, 0.05) is 35.3 Å². The standard InChI is InChI=1S/C13H12BrN3/c1-17(9-3-7-15)12-6-8-16-13-10(12)4-2-5-11(13)14/h2,4-6,8H,3,9H2,1H3. The van der Waals surface area contributed by atoms with Crippen LogP contribution in [0.25, 0.3) is 10.9 Å². The lowest BCUT2D eigenvalue weighted by molar-refractivity contribution is 0.908. The van der Waals surface area contributed by atoms with Crippen LogP contribution in [0.4, 0.5) is 5.69 Å². The summed E-state index contributed by atoms with van der Waals surface area (Å²) in [5, 5.41) is 9.72. The zero-order chi connectivity index (χ0) is 12.3. The number of pyridine rings is 1. The fourth-order valence-corrected chi connectivity index (χ4v) is 2.27. The minimum absolute atomic E-state index is 0.522. The predicted octanol–water partition coefficient (Wildman–Crippen LogP) is 3.35. The first-order valence-corrected chi connectivity index (χ1v) is 6.14. The SMILES string of the molecule is CN(CCC#N)c1ccnc2c(Br)cccc12. The zero-order valence-electron chi connectivity index (χ0n) is 9.52. The molecule has 3 nitrogen and oxygen atoms in total. The fraction of sp³-hybridized carbons (Fsp3) is 0.231. The van der Waals surface area contributed by atoms with Crippen molar-refractivity contribution < 1.29 is 0 Å². The molecule has 1 aromatic heterocycles. The van der Waals surface area contributed by atoms with Gasteiger partial charge in [-0.05, 0) is 28.1 Å². The van der Waals surface area contributed by atoms with Gasteiger partial charge in [-0.2, -0.15) is 5.26 Å². The second-order valence-corrected chi connectivity index (χ2v) is 4.65. The van der Waals surface area contributed by atoms with Gasteiger partial charge in [-0.1, -0.05) is 12.1 Å². The van der Waals surface area contributed by atoms with Gasteiger partial charge in [-0.3, -0.25) is 4.98 Å². The predicted molar refractivity (Wildman–Crippen MR) is 72.9 cm³/mol. The van der Waals surface area contributed by atoms with Gasteiger partial charge in [0.2, 0.25) is 0 Å². The van der Waals surface area contributed by atoms with Crippen molar-refractivity contribution in [3.63, 3.8) is 0 Å². The Labute approximate surface area is 109 Å². The van der Waals surface area contributed by atoms with Gasteiger partial charge in [0.05, 0.1) is 18.0 Å². The average molecular weight is 290 g/mol. The number of nitriles is 1. The Bertz CT molecular complexity index is 574. The van der Waals surface area contributed by atoms with Crippen molar-refractivity contribution in [1.82, 2.24) is 4.98 Å². The van der Waals surface area contributed by atoms with Crippen LogP contribution in [0.2, 0.25) is 0 Å². The molecule has 17 heavy (non-hydrogen) atoms. The molecule has 0 saturated carbocycles. The maximum absolute atomic E-state index is 8.62. The van der Waals surface area contributed by atoms with Crippen LogP contribution in [-0.4, -0.2) is 18.6 Å². The maximum atomic E-state index is 8.62. The number of fused-ring (bicyclic) bond motifs is 1. The fourth-order valence-electron chi connectivity index (χ4n) is 1.80. The van der Waals surface area contributed by atoms with E-state index in [0.29, 0.717) is 6.42 Å². The summed E-state index contributed by atoms with van der Waals surface area (Å²) in [7, 11) is 1.99. The van der Waals surface area contributed by atoms with Gasteiger partial charge in [0.25, 0.3) is 0 Å². The molecule has 2 aromatic rings. The molecule has 0 aliphatic heterocycles. The Morgan fingerprint density at radius 2 is 2.24 bits per heavy atom. The second-order valence-electron chi connectivity index (χ2n) is 3.80. The molecule has 86 valence electrons. The lowest BCUT2D eigenvalue weighted by Crippen LogP contribution is -2.18. The third-order valence-corrected chi connectivity index (χ3v) is 3.31. The molecular formula is C13H12BrN3. The van der Waals surface area contributed by atoms with Gasteiger partial charge < -0.3 is 4.90 Å². The van der Waals surface area contributed by atoms with Crippen LogP contribution in [0, 0.1) is 11.3 Å². The van der Waals surface area contributed by atoms with Crippen molar-refractivity contribution >= 4 is 32.5 Å². The molecule has 0 atom stereocenters. The molecule has 2 rings (SSSR count). The number of benzene rings is 1. The van der Waals surface area contributed by atoms with Gasteiger partial charge in [0.1, 0.15) is 0 Å². The number of hydrogen-bond donors (Lipinski definition) is 0. The van der Waals surface area contributed by atoms with E-state index < -0.39 is 0 Å². The lowest BCUT2D eigenvalue weighted by Gasteiger charge is -2.19. The summed E-state index contributed by atoms with van der Waals surface area (Å²) >= 11 is 3.50. The Hall–Kier alpha value is -1.60. The van der Waals surface area contributed by atoms with E-state index >= 15 is 0 Å². The monoisotopic (exact) mass is 289 g/mol. The molecule has 0 bridgehead atoms. The first-order valence-electron chi connectivity index (χ1n) is 5.35. The van der Waals surface area contributed by atoms with Crippen molar-refractivity contribution in [1.29, 1.82) is 5.26 Å². The molecule has 0 unspecified atom stereocenters. The number of anilines is 1. The maximum Gasteiger partial charge on any atom is 0.0864 e. The van der Waals surface area contributed by atoms with Crippen molar-refractivity contribution in [2.24, 2.45) is 0 Å². The molecule has 4 heteroatoms. The molecule has 0 aliphatic carbocycles. The van der Waals surface area contributed by atoms with Crippen LogP contribution in [0.1, 0.15) is 6.42 Å². The Balaban J connectivity index is 2.48. The van der Waals surface area contributed by atoms with E-state index in [9.17, 15) is 0 Å². The molecule has 0 N–H and O–H groups in total. The number of para-hydroxylation sites is 1. The Morgan fingerprint density at radius 1 is 1.41 bits per heavy atom. The van der Waals surface area contributed by atoms with Crippen molar-refractivity contribution in [3.8, 4) is 6.07 Å². The van der Waals surface area contributed by atoms with Crippen molar-refractivity contribution in [2.45, 2.75) is 6.42 Å². The van der Waals surface area contributed by atoms with Crippen LogP contribution < -0.4 is 4.90 Å². The largest absolute Gasteiger partial charge is 0.373 e. The third kappa shape index (κ3) is 2.40. The number of aromatic nitrogens is 1. The second kappa shape index (κ2) is 5.15. The van der Waals surface area contributed by atoms with Gasteiger partial charge in [-0.25, -0.2) is 0 Å². The van der Waals surface area contributed by atoms with Crippen LogP contribution in [0.15, 0.2) is 34.9 Å². The summed E-state index contributed by atoms with van der Waals surface area (Å²) < 4.78 is 0.991. The summed E-state index contributed by atoms with van der Waals surface area (Å²) in [6.07, 6.45) is 2.32. The van der Waals surface area contributed by atoms with Crippen LogP contribution in [-0.2, 0) is 0 Å². The highest BCUT2D eigenvalue weighted by Gasteiger charge is 2.07. The molecule has 0 amide bonds. The lowest BCUT2D eigenvalue weighted by atomic mass is 10.1. The van der Waals surface area contributed by atoms with E-state index in [4.69, 9.17) is 5.26 Å². The van der Waals surface area contributed by atoms with E-state index in [0.717, 1.165) is 27.6 Å². The van der Waals surface area contributed by atoms with E-state index in [1.807, 2.05) is 31.3 Å². The molecule has 1 heterocycles.